The Hall–Kier alpha value is -4.02. The van der Waals surface area contributed by atoms with Gasteiger partial charge in [0.25, 0.3) is 5.91 Å². The zero-order valence-corrected chi connectivity index (χ0v) is 19.6. The van der Waals surface area contributed by atoms with Gasteiger partial charge in [-0.15, -0.1) is 11.3 Å². The normalized spacial score (nSPS) is 15.2. The van der Waals surface area contributed by atoms with E-state index in [9.17, 15) is 24.3 Å². The van der Waals surface area contributed by atoms with Gasteiger partial charge in [0.2, 0.25) is 0 Å². The van der Waals surface area contributed by atoms with Crippen LogP contribution in [0.15, 0.2) is 54.6 Å². The van der Waals surface area contributed by atoms with Crippen LogP contribution in [0.5, 0.6) is 0 Å². The van der Waals surface area contributed by atoms with Crippen LogP contribution in [0.25, 0.3) is 11.1 Å². The van der Waals surface area contributed by atoms with E-state index in [2.05, 4.69) is 10.6 Å². The number of nitrogens with one attached hydrogen (secondary N) is 2. The molecule has 1 aliphatic heterocycles. The molecule has 0 saturated carbocycles. The average molecular weight is 494 g/mol. The van der Waals surface area contributed by atoms with Crippen LogP contribution in [0.3, 0.4) is 0 Å². The van der Waals surface area contributed by atoms with Gasteiger partial charge in [-0.25, -0.2) is 9.59 Å². The van der Waals surface area contributed by atoms with E-state index in [-0.39, 0.29) is 22.5 Å². The maximum absolute atomic E-state index is 12.7. The van der Waals surface area contributed by atoms with E-state index in [1.54, 1.807) is 12.1 Å². The van der Waals surface area contributed by atoms with Gasteiger partial charge in [0.15, 0.2) is 0 Å². The van der Waals surface area contributed by atoms with Gasteiger partial charge in [0.1, 0.15) is 5.00 Å². The average Bonchev–Trinajstić information content (AvgIpc) is 3.19. The largest absolute Gasteiger partial charge is 0.478 e. The third kappa shape index (κ3) is 5.23. The van der Waals surface area contributed by atoms with Crippen molar-refractivity contribution in [2.45, 2.75) is 19.0 Å². The second kappa shape index (κ2) is 10.1. The lowest BCUT2D eigenvalue weighted by molar-refractivity contribution is -0.147. The number of aromatic carboxylic acids is 1. The highest BCUT2D eigenvalue weighted by atomic mass is 32.1. The molecule has 0 fully saturated rings. The minimum Gasteiger partial charge on any atom is -0.478 e. The Labute approximate surface area is 205 Å². The first kappa shape index (κ1) is 24.1. The first-order chi connectivity index (χ1) is 16.7. The number of aliphatic carboxylic acids is 1. The minimum atomic E-state index is -1.69. The number of hydrogen-bond donors (Lipinski definition) is 4. The summed E-state index contributed by atoms with van der Waals surface area (Å²) >= 11 is 1.06. The molecule has 0 spiro atoms. The van der Waals surface area contributed by atoms with Crippen LogP contribution in [0.4, 0.5) is 5.00 Å². The number of nitrogens with zero attached hydrogens (tertiary/aromatic N) is 1. The Kier molecular flexibility index (Phi) is 6.94. The lowest BCUT2D eigenvalue weighted by atomic mass is 9.96. The van der Waals surface area contributed by atoms with Crippen molar-refractivity contribution in [1.82, 2.24) is 10.2 Å². The number of carbonyl (C=O) groups is 4. The molecule has 35 heavy (non-hydrogen) atoms. The lowest BCUT2D eigenvalue weighted by Gasteiger charge is -2.32. The van der Waals surface area contributed by atoms with Crippen molar-refractivity contribution < 1.29 is 29.4 Å². The summed E-state index contributed by atoms with van der Waals surface area (Å²) in [6.07, 6.45) is 0.333. The molecule has 9 nitrogen and oxygen atoms in total. The fourth-order valence-corrected chi connectivity index (χ4v) is 5.34. The summed E-state index contributed by atoms with van der Waals surface area (Å²) in [6, 6.07) is 17.0. The van der Waals surface area contributed by atoms with Gasteiger partial charge in [-0.3, -0.25) is 14.5 Å². The van der Waals surface area contributed by atoms with Gasteiger partial charge >= 0.3 is 17.8 Å². The first-order valence-electron chi connectivity index (χ1n) is 10.8. The van der Waals surface area contributed by atoms with Crippen LogP contribution in [-0.2, 0) is 22.6 Å². The molecule has 3 aromatic rings. The second-order valence-corrected chi connectivity index (χ2v) is 9.30. The van der Waals surface area contributed by atoms with Crippen molar-refractivity contribution in [1.29, 1.82) is 0 Å². The smallest absolute Gasteiger partial charge is 0.394 e. The van der Waals surface area contributed by atoms with Crippen molar-refractivity contribution >= 4 is 40.1 Å². The van der Waals surface area contributed by atoms with Gasteiger partial charge in [0.05, 0.1) is 5.56 Å². The Morgan fingerprint density at radius 1 is 1.00 bits per heavy atom. The number of rotatable bonds is 6. The van der Waals surface area contributed by atoms with Crippen molar-refractivity contribution in [2.75, 3.05) is 18.9 Å². The standard InChI is InChI=1S/C25H23N3O6S/c1-28-13-19-18(20(24(31)32)23(35-19)27-22(30)25(33)34)11-17(28)12-26-21(29)16-9-7-15(8-10-16)14-5-3-2-4-6-14/h2-10,17H,11-13H2,1H3,(H,26,29)(H,27,30)(H,31,32)(H,33,34). The maximum atomic E-state index is 12.7. The summed E-state index contributed by atoms with van der Waals surface area (Å²) in [7, 11) is 1.87. The van der Waals surface area contributed by atoms with Gasteiger partial charge < -0.3 is 20.8 Å². The molecule has 2 heterocycles. The predicted molar refractivity (Wildman–Crippen MR) is 131 cm³/mol. The molecule has 2 aromatic carbocycles. The van der Waals surface area contributed by atoms with E-state index in [0.29, 0.717) is 30.6 Å². The summed E-state index contributed by atoms with van der Waals surface area (Å²) in [5.41, 5.74) is 3.03. The Morgan fingerprint density at radius 2 is 1.66 bits per heavy atom. The number of benzene rings is 2. The molecule has 0 saturated heterocycles. The van der Waals surface area contributed by atoms with Gasteiger partial charge in [-0.05, 0) is 42.3 Å². The van der Waals surface area contributed by atoms with E-state index in [1.165, 1.54) is 0 Å². The lowest BCUT2D eigenvalue weighted by Crippen LogP contribution is -2.45. The number of fused-ring (bicyclic) bond motifs is 1. The fraction of sp³-hybridized carbons (Fsp3) is 0.200. The van der Waals surface area contributed by atoms with E-state index in [0.717, 1.165) is 27.3 Å². The second-order valence-electron chi connectivity index (χ2n) is 8.20. The maximum Gasteiger partial charge on any atom is 0.394 e. The molecular weight excluding hydrogens is 470 g/mol. The molecule has 2 amide bonds. The van der Waals surface area contributed by atoms with Gasteiger partial charge in [0, 0.05) is 29.6 Å². The Bertz CT molecular complexity index is 1290. The van der Waals surface area contributed by atoms with E-state index in [1.807, 2.05) is 54.4 Å². The molecule has 4 rings (SSSR count). The van der Waals surface area contributed by atoms with Crippen molar-refractivity contribution in [2.24, 2.45) is 0 Å². The zero-order valence-electron chi connectivity index (χ0n) is 18.8. The minimum absolute atomic E-state index is 0.00601. The fourth-order valence-electron chi connectivity index (χ4n) is 4.06. The van der Waals surface area contributed by atoms with Crippen LogP contribution in [0.2, 0.25) is 0 Å². The number of hydrogen-bond acceptors (Lipinski definition) is 6. The van der Waals surface area contributed by atoms with Gasteiger partial charge in [-0.1, -0.05) is 42.5 Å². The van der Waals surface area contributed by atoms with Crippen LogP contribution >= 0.6 is 11.3 Å². The summed E-state index contributed by atoms with van der Waals surface area (Å²) in [4.78, 5) is 49.8. The number of anilines is 1. The summed E-state index contributed by atoms with van der Waals surface area (Å²) in [6.45, 7) is 0.705. The van der Waals surface area contributed by atoms with Gasteiger partial charge in [-0.2, -0.15) is 0 Å². The number of thiophene rings is 1. The number of amides is 2. The quantitative estimate of drug-likeness (QED) is 0.388. The SMILES string of the molecule is CN1Cc2sc(NC(=O)C(=O)O)c(C(=O)O)c2CC1CNC(=O)c1ccc(-c2ccccc2)cc1. The molecule has 0 bridgehead atoms. The first-order valence-corrected chi connectivity index (χ1v) is 11.6. The number of carboxylic acid groups (broad SMARTS) is 2. The summed E-state index contributed by atoms with van der Waals surface area (Å²) < 4.78 is 0. The Balaban J connectivity index is 1.45. The summed E-state index contributed by atoms with van der Waals surface area (Å²) in [5.74, 6) is -4.46. The van der Waals surface area contributed by atoms with E-state index < -0.39 is 17.8 Å². The molecule has 0 aliphatic carbocycles. The highest BCUT2D eigenvalue weighted by Crippen LogP contribution is 2.38. The molecule has 1 unspecified atom stereocenters. The molecule has 4 N–H and O–H groups in total. The van der Waals surface area contributed by atoms with Crippen molar-refractivity contribution in [3.8, 4) is 11.1 Å². The zero-order chi connectivity index (χ0) is 25.1. The molecule has 0 radical (unpaired) electrons. The molecule has 1 aliphatic rings. The van der Waals surface area contributed by atoms with Crippen molar-refractivity contribution in [3.05, 3.63) is 76.2 Å². The number of carbonyl (C=O) groups excluding carboxylic acids is 2. The molecule has 180 valence electrons. The number of carboxylic acids is 2. The number of likely N-dealkylation sites (N-methyl/N-ethyl adjacent to an activating group) is 1. The topological polar surface area (TPSA) is 136 Å². The van der Waals surface area contributed by atoms with Crippen LogP contribution in [0, 0.1) is 0 Å². The monoisotopic (exact) mass is 493 g/mol. The summed E-state index contributed by atoms with van der Waals surface area (Å²) in [5, 5.41) is 23.7. The Morgan fingerprint density at radius 3 is 2.29 bits per heavy atom. The third-order valence-corrected chi connectivity index (χ3v) is 7.07. The van der Waals surface area contributed by atoms with Crippen LogP contribution in [-0.4, -0.2) is 58.5 Å². The highest BCUT2D eigenvalue weighted by molar-refractivity contribution is 7.17. The van der Waals surface area contributed by atoms with Crippen molar-refractivity contribution in [3.63, 3.8) is 0 Å². The van der Waals surface area contributed by atoms with Crippen LogP contribution in [0.1, 0.15) is 31.2 Å². The van der Waals surface area contributed by atoms with E-state index >= 15 is 0 Å². The third-order valence-electron chi connectivity index (χ3n) is 5.93. The molecule has 1 atom stereocenters. The molecular formula is C25H23N3O6S. The van der Waals surface area contributed by atoms with Crippen LogP contribution < -0.4 is 10.6 Å². The molecule has 10 heteroatoms. The highest BCUT2D eigenvalue weighted by Gasteiger charge is 2.33. The van der Waals surface area contributed by atoms with E-state index in [4.69, 9.17) is 5.11 Å². The predicted octanol–water partition coefficient (Wildman–Crippen LogP) is 2.92. The molecule has 1 aromatic heterocycles.